The van der Waals surface area contributed by atoms with E-state index in [9.17, 15) is 9.59 Å². The minimum absolute atomic E-state index is 0.0558. The van der Waals surface area contributed by atoms with Gasteiger partial charge in [-0.25, -0.2) is 19.6 Å². The van der Waals surface area contributed by atoms with Crippen LogP contribution in [0.3, 0.4) is 0 Å². The molecule has 0 aliphatic carbocycles. The molecule has 2 aromatic rings. The number of aromatic nitrogens is 3. The SMILES string of the molecule is CC(C)(C)OC(=O)N(C(=O)OC(C)(C)C)c1nc(N)cc2[nH]cnc12. The average molecular weight is 349 g/mol. The molecule has 9 heteroatoms. The Hall–Kier alpha value is -2.84. The van der Waals surface area contributed by atoms with Crippen LogP contribution >= 0.6 is 0 Å². The first kappa shape index (κ1) is 18.5. The van der Waals surface area contributed by atoms with Crippen molar-refractivity contribution >= 4 is 34.9 Å². The lowest BCUT2D eigenvalue weighted by molar-refractivity contribution is 0.0429. The number of anilines is 2. The van der Waals surface area contributed by atoms with Gasteiger partial charge in [0.15, 0.2) is 5.82 Å². The first-order valence-electron chi connectivity index (χ1n) is 7.73. The number of aromatic amines is 1. The van der Waals surface area contributed by atoms with E-state index in [-0.39, 0.29) is 11.6 Å². The quantitative estimate of drug-likeness (QED) is 0.810. The summed E-state index contributed by atoms with van der Waals surface area (Å²) in [5.41, 5.74) is 4.98. The van der Waals surface area contributed by atoms with Crippen LogP contribution in [0, 0.1) is 0 Å². The van der Waals surface area contributed by atoms with Crippen molar-refractivity contribution in [3.05, 3.63) is 12.4 Å². The molecule has 2 amide bonds. The number of imide groups is 1. The molecule has 0 radical (unpaired) electrons. The summed E-state index contributed by atoms with van der Waals surface area (Å²) in [6.07, 6.45) is -0.439. The number of hydrogen-bond donors (Lipinski definition) is 2. The molecule has 0 atom stereocenters. The van der Waals surface area contributed by atoms with Gasteiger partial charge in [0, 0.05) is 6.07 Å². The molecule has 0 saturated carbocycles. The third-order valence-electron chi connectivity index (χ3n) is 2.77. The van der Waals surface area contributed by atoms with E-state index >= 15 is 0 Å². The first-order chi connectivity index (χ1) is 11.4. The number of nitrogens with one attached hydrogen (secondary N) is 1. The van der Waals surface area contributed by atoms with Gasteiger partial charge in [-0.1, -0.05) is 0 Å². The average Bonchev–Trinajstić information content (AvgIpc) is 2.82. The number of nitrogens with zero attached hydrogens (tertiary/aromatic N) is 3. The fraction of sp³-hybridized carbons (Fsp3) is 0.500. The Kier molecular flexibility index (Phi) is 4.61. The number of H-pyrrole nitrogens is 1. The van der Waals surface area contributed by atoms with Crippen molar-refractivity contribution < 1.29 is 19.1 Å². The van der Waals surface area contributed by atoms with Crippen molar-refractivity contribution in [1.29, 1.82) is 0 Å². The van der Waals surface area contributed by atoms with Crippen LogP contribution in [0.5, 0.6) is 0 Å². The highest BCUT2D eigenvalue weighted by Crippen LogP contribution is 2.27. The zero-order valence-corrected chi connectivity index (χ0v) is 15.2. The van der Waals surface area contributed by atoms with E-state index in [0.717, 1.165) is 0 Å². The molecule has 0 bridgehead atoms. The smallest absolute Gasteiger partial charge is 0.425 e. The van der Waals surface area contributed by atoms with Crippen LogP contribution in [0.2, 0.25) is 0 Å². The molecule has 0 aliphatic rings. The van der Waals surface area contributed by atoms with E-state index in [1.165, 1.54) is 6.33 Å². The van der Waals surface area contributed by atoms with Gasteiger partial charge in [-0.05, 0) is 41.5 Å². The Morgan fingerprint density at radius 1 is 1.08 bits per heavy atom. The molecule has 2 heterocycles. The summed E-state index contributed by atoms with van der Waals surface area (Å²) in [5.74, 6) is 0.0589. The molecule has 25 heavy (non-hydrogen) atoms. The highest BCUT2D eigenvalue weighted by Gasteiger charge is 2.35. The Morgan fingerprint density at radius 3 is 2.08 bits per heavy atom. The lowest BCUT2D eigenvalue weighted by atomic mass is 10.2. The monoisotopic (exact) mass is 349 g/mol. The lowest BCUT2D eigenvalue weighted by Crippen LogP contribution is -2.44. The number of imidazole rings is 1. The van der Waals surface area contributed by atoms with Gasteiger partial charge in [0.1, 0.15) is 22.5 Å². The second-order valence-electron chi connectivity index (χ2n) is 7.47. The highest BCUT2D eigenvalue weighted by atomic mass is 16.6. The van der Waals surface area contributed by atoms with Gasteiger partial charge in [-0.2, -0.15) is 4.90 Å². The van der Waals surface area contributed by atoms with Crippen molar-refractivity contribution in [3.8, 4) is 0 Å². The molecular formula is C16H23N5O4. The summed E-state index contributed by atoms with van der Waals surface area (Å²) in [6, 6.07) is 1.55. The summed E-state index contributed by atoms with van der Waals surface area (Å²) in [5, 5.41) is 0. The van der Waals surface area contributed by atoms with E-state index in [2.05, 4.69) is 15.0 Å². The highest BCUT2D eigenvalue weighted by molar-refractivity contribution is 6.13. The predicted octanol–water partition coefficient (Wildman–Crippen LogP) is 3.22. The zero-order valence-electron chi connectivity index (χ0n) is 15.2. The number of nitrogen functional groups attached to an aromatic ring is 1. The third-order valence-corrected chi connectivity index (χ3v) is 2.77. The number of hydrogen-bond acceptors (Lipinski definition) is 7. The van der Waals surface area contributed by atoms with Crippen molar-refractivity contribution in [3.63, 3.8) is 0 Å². The van der Waals surface area contributed by atoms with E-state index in [1.54, 1.807) is 47.6 Å². The number of carbonyl (C=O) groups excluding carboxylic acids is 2. The van der Waals surface area contributed by atoms with Gasteiger partial charge >= 0.3 is 12.2 Å². The second kappa shape index (κ2) is 6.23. The number of pyridine rings is 1. The molecule has 2 aromatic heterocycles. The number of fused-ring (bicyclic) bond motifs is 1. The molecule has 2 rings (SSSR count). The molecule has 0 saturated heterocycles. The normalized spacial score (nSPS) is 12.1. The van der Waals surface area contributed by atoms with E-state index in [0.29, 0.717) is 15.9 Å². The molecule has 0 unspecified atom stereocenters. The topological polar surface area (TPSA) is 123 Å². The number of amides is 2. The van der Waals surface area contributed by atoms with Crippen LogP contribution in [0.4, 0.5) is 21.2 Å². The molecule has 136 valence electrons. The Labute approximate surface area is 145 Å². The molecule has 0 aromatic carbocycles. The fourth-order valence-electron chi connectivity index (χ4n) is 1.97. The van der Waals surface area contributed by atoms with Gasteiger partial charge in [-0.3, -0.25) is 0 Å². The number of rotatable bonds is 1. The summed E-state index contributed by atoms with van der Waals surface area (Å²) in [4.78, 5) is 37.1. The van der Waals surface area contributed by atoms with Crippen LogP contribution < -0.4 is 10.6 Å². The van der Waals surface area contributed by atoms with Crippen molar-refractivity contribution in [2.75, 3.05) is 10.6 Å². The van der Waals surface area contributed by atoms with E-state index in [4.69, 9.17) is 15.2 Å². The zero-order chi connectivity index (χ0) is 19.0. The lowest BCUT2D eigenvalue weighted by Gasteiger charge is -2.28. The van der Waals surface area contributed by atoms with Crippen molar-refractivity contribution in [1.82, 2.24) is 15.0 Å². The van der Waals surface area contributed by atoms with E-state index < -0.39 is 23.4 Å². The maximum Gasteiger partial charge on any atom is 0.425 e. The van der Waals surface area contributed by atoms with Crippen molar-refractivity contribution in [2.45, 2.75) is 52.7 Å². The molecule has 3 N–H and O–H groups in total. The van der Waals surface area contributed by atoms with Crippen LogP contribution in [0.1, 0.15) is 41.5 Å². The Bertz CT molecular complexity index is 773. The number of carbonyl (C=O) groups is 2. The summed E-state index contributed by atoms with van der Waals surface area (Å²) < 4.78 is 10.6. The maximum absolute atomic E-state index is 12.6. The minimum Gasteiger partial charge on any atom is -0.443 e. The minimum atomic E-state index is -0.927. The van der Waals surface area contributed by atoms with Gasteiger partial charge in [0.05, 0.1) is 11.8 Å². The maximum atomic E-state index is 12.6. The van der Waals surface area contributed by atoms with E-state index in [1.807, 2.05) is 0 Å². The molecular weight excluding hydrogens is 326 g/mol. The van der Waals surface area contributed by atoms with Crippen LogP contribution in [0.15, 0.2) is 12.4 Å². The largest absolute Gasteiger partial charge is 0.443 e. The standard InChI is InChI=1S/C16H23N5O4/c1-15(2,3)24-13(22)21(14(23)25-16(4,5)6)12-11-9(18-8-19-11)7-10(17)20-12/h7-8H,1-6H3,(H2,17,20)(H,18,19). The molecule has 9 nitrogen and oxygen atoms in total. The van der Waals surface area contributed by atoms with Crippen LogP contribution in [-0.2, 0) is 9.47 Å². The van der Waals surface area contributed by atoms with Gasteiger partial charge in [-0.15, -0.1) is 0 Å². The second-order valence-corrected chi connectivity index (χ2v) is 7.47. The van der Waals surface area contributed by atoms with Crippen LogP contribution in [0.25, 0.3) is 11.0 Å². The third kappa shape index (κ3) is 4.59. The molecule has 0 spiro atoms. The predicted molar refractivity (Wildman–Crippen MR) is 93.2 cm³/mol. The number of nitrogens with two attached hydrogens (primary N) is 1. The summed E-state index contributed by atoms with van der Waals surface area (Å²) >= 11 is 0. The summed E-state index contributed by atoms with van der Waals surface area (Å²) in [7, 11) is 0. The number of ether oxygens (including phenoxy) is 2. The van der Waals surface area contributed by atoms with Gasteiger partial charge in [0.25, 0.3) is 0 Å². The molecule has 0 fully saturated rings. The van der Waals surface area contributed by atoms with Crippen LogP contribution in [-0.4, -0.2) is 38.3 Å². The Balaban J connectivity index is 2.55. The van der Waals surface area contributed by atoms with Crippen molar-refractivity contribution in [2.24, 2.45) is 0 Å². The van der Waals surface area contributed by atoms with Gasteiger partial charge in [0.2, 0.25) is 0 Å². The summed E-state index contributed by atoms with van der Waals surface area (Å²) in [6.45, 7) is 10.1. The molecule has 0 aliphatic heterocycles. The fourth-order valence-corrected chi connectivity index (χ4v) is 1.97. The first-order valence-corrected chi connectivity index (χ1v) is 7.73. The van der Waals surface area contributed by atoms with Gasteiger partial charge < -0.3 is 20.2 Å². The Morgan fingerprint density at radius 2 is 1.60 bits per heavy atom.